The number of hydrogen-bond donors (Lipinski definition) is 0. The van der Waals surface area contributed by atoms with E-state index in [0.29, 0.717) is 18.8 Å². The van der Waals surface area contributed by atoms with Gasteiger partial charge in [0.1, 0.15) is 16.5 Å². The second-order valence-electron chi connectivity index (χ2n) is 5.34. The highest BCUT2D eigenvalue weighted by Gasteiger charge is 2.21. The molecule has 7 heteroatoms. The average Bonchev–Trinajstić information content (AvgIpc) is 3.41. The molecule has 0 unspecified atom stereocenters. The number of rotatable bonds is 6. The van der Waals surface area contributed by atoms with Gasteiger partial charge in [-0.15, -0.1) is 34.0 Å². The van der Waals surface area contributed by atoms with Gasteiger partial charge >= 0.3 is 0 Å². The largest absolute Gasteiger partial charge is 0.467 e. The minimum absolute atomic E-state index is 0.0798. The smallest absolute Gasteiger partial charge is 0.274 e. The molecule has 1 amide bonds. The average molecular weight is 387 g/mol. The fourth-order valence-electron chi connectivity index (χ4n) is 2.43. The first-order chi connectivity index (χ1) is 12.3. The monoisotopic (exact) mass is 386 g/mol. The molecule has 4 aromatic heterocycles. The van der Waals surface area contributed by atoms with E-state index in [9.17, 15) is 4.79 Å². The molecule has 4 nitrogen and oxygen atoms in total. The zero-order valence-electron chi connectivity index (χ0n) is 13.1. The van der Waals surface area contributed by atoms with Crippen molar-refractivity contribution in [2.24, 2.45) is 0 Å². The molecule has 4 heterocycles. The van der Waals surface area contributed by atoms with E-state index in [1.165, 1.54) is 11.3 Å². The van der Waals surface area contributed by atoms with Crippen LogP contribution in [0.1, 0.15) is 21.1 Å². The maximum absolute atomic E-state index is 13.0. The molecule has 0 radical (unpaired) electrons. The summed E-state index contributed by atoms with van der Waals surface area (Å²) < 4.78 is 5.43. The Kier molecular flexibility index (Phi) is 4.78. The van der Waals surface area contributed by atoms with Crippen molar-refractivity contribution in [1.29, 1.82) is 0 Å². The van der Waals surface area contributed by atoms with Gasteiger partial charge in [0.15, 0.2) is 0 Å². The summed E-state index contributed by atoms with van der Waals surface area (Å²) in [5.74, 6) is 0.683. The van der Waals surface area contributed by atoms with Crippen molar-refractivity contribution in [2.45, 2.75) is 13.1 Å². The van der Waals surface area contributed by atoms with Gasteiger partial charge in [0.05, 0.1) is 24.2 Å². The molecule has 4 rings (SSSR count). The highest BCUT2D eigenvalue weighted by Crippen LogP contribution is 2.28. The number of carbonyl (C=O) groups is 1. The molecular formula is C18H14N2O2S3. The van der Waals surface area contributed by atoms with Crippen molar-refractivity contribution >= 4 is 39.9 Å². The van der Waals surface area contributed by atoms with Crippen LogP contribution >= 0.6 is 34.0 Å². The number of aromatic nitrogens is 1. The van der Waals surface area contributed by atoms with Crippen molar-refractivity contribution in [1.82, 2.24) is 9.88 Å². The van der Waals surface area contributed by atoms with Gasteiger partial charge in [-0.3, -0.25) is 4.79 Å². The lowest BCUT2D eigenvalue weighted by atomic mass is 10.3. The molecule has 126 valence electrons. The van der Waals surface area contributed by atoms with Gasteiger partial charge in [0.2, 0.25) is 0 Å². The normalized spacial score (nSPS) is 10.9. The van der Waals surface area contributed by atoms with E-state index in [0.717, 1.165) is 20.5 Å². The lowest BCUT2D eigenvalue weighted by Crippen LogP contribution is -2.30. The van der Waals surface area contributed by atoms with Crippen LogP contribution in [0.2, 0.25) is 0 Å². The van der Waals surface area contributed by atoms with Crippen LogP contribution in [0.25, 0.3) is 9.88 Å². The van der Waals surface area contributed by atoms with Crippen molar-refractivity contribution in [2.75, 3.05) is 0 Å². The molecule has 0 aliphatic carbocycles. The number of furan rings is 1. The fourth-order valence-corrected chi connectivity index (χ4v) is 4.76. The quantitative estimate of drug-likeness (QED) is 0.448. The Morgan fingerprint density at radius 1 is 1.04 bits per heavy atom. The molecule has 4 aromatic rings. The fraction of sp³-hybridized carbons (Fsp3) is 0.111. The summed E-state index contributed by atoms with van der Waals surface area (Å²) in [5.41, 5.74) is 0.483. The van der Waals surface area contributed by atoms with E-state index in [1.54, 1.807) is 33.8 Å². The van der Waals surface area contributed by atoms with Crippen LogP contribution in [0, 0.1) is 0 Å². The predicted octanol–water partition coefficient (Wildman–Crippen LogP) is 5.37. The maximum Gasteiger partial charge on any atom is 0.274 e. The topological polar surface area (TPSA) is 46.3 Å². The highest BCUT2D eigenvalue weighted by atomic mass is 32.1. The zero-order chi connectivity index (χ0) is 17.1. The van der Waals surface area contributed by atoms with Crippen LogP contribution in [0.5, 0.6) is 0 Å². The van der Waals surface area contributed by atoms with Gasteiger partial charge in [-0.25, -0.2) is 4.98 Å². The maximum atomic E-state index is 13.0. The Morgan fingerprint density at radius 2 is 1.92 bits per heavy atom. The summed E-state index contributed by atoms with van der Waals surface area (Å²) in [6.07, 6.45) is 1.63. The molecule has 0 aliphatic heterocycles. The molecule has 0 saturated carbocycles. The zero-order valence-corrected chi connectivity index (χ0v) is 15.6. The van der Waals surface area contributed by atoms with E-state index in [2.05, 4.69) is 4.98 Å². The summed E-state index contributed by atoms with van der Waals surface area (Å²) in [5, 5.41) is 6.74. The van der Waals surface area contributed by atoms with Crippen molar-refractivity contribution in [3.8, 4) is 9.88 Å². The van der Waals surface area contributed by atoms with Crippen molar-refractivity contribution in [3.05, 3.63) is 75.1 Å². The van der Waals surface area contributed by atoms with Crippen LogP contribution in [0.15, 0.2) is 63.2 Å². The summed E-state index contributed by atoms with van der Waals surface area (Å²) in [6.45, 7) is 0.971. The van der Waals surface area contributed by atoms with E-state index in [4.69, 9.17) is 4.42 Å². The molecular weight excluding hydrogens is 372 g/mol. The van der Waals surface area contributed by atoms with Gasteiger partial charge in [-0.1, -0.05) is 12.1 Å². The third-order valence-corrected chi connectivity index (χ3v) is 6.34. The van der Waals surface area contributed by atoms with Crippen LogP contribution in [0.3, 0.4) is 0 Å². The summed E-state index contributed by atoms with van der Waals surface area (Å²) in [7, 11) is 0. The van der Waals surface area contributed by atoms with Crippen molar-refractivity contribution in [3.63, 3.8) is 0 Å². The molecule has 0 bridgehead atoms. The summed E-state index contributed by atoms with van der Waals surface area (Å²) in [6, 6.07) is 11.7. The number of carbonyl (C=O) groups excluding carboxylic acids is 1. The van der Waals surface area contributed by atoms with E-state index < -0.39 is 0 Å². The third kappa shape index (κ3) is 3.73. The number of amides is 1. The summed E-state index contributed by atoms with van der Waals surface area (Å²) >= 11 is 4.77. The van der Waals surface area contributed by atoms with E-state index in [-0.39, 0.29) is 5.91 Å². The Bertz CT molecular complexity index is 889. The first kappa shape index (κ1) is 16.3. The number of hydrogen-bond acceptors (Lipinski definition) is 6. The predicted molar refractivity (Wildman–Crippen MR) is 102 cm³/mol. The van der Waals surface area contributed by atoms with Crippen LogP contribution in [-0.4, -0.2) is 15.8 Å². The second-order valence-corrected chi connectivity index (χ2v) is 8.17. The van der Waals surface area contributed by atoms with Gasteiger partial charge < -0.3 is 9.32 Å². The van der Waals surface area contributed by atoms with Gasteiger partial charge in [-0.2, -0.15) is 0 Å². The Hall–Kier alpha value is -2.22. The standard InChI is InChI=1S/C18H14N2O2S3/c21-18(15-12-25-17(19-15)16-6-3-9-24-16)20(10-13-4-1-7-22-13)11-14-5-2-8-23-14/h1-9,12H,10-11H2. The Labute approximate surface area is 157 Å². The summed E-state index contributed by atoms with van der Waals surface area (Å²) in [4.78, 5) is 21.6. The molecule has 25 heavy (non-hydrogen) atoms. The molecule has 0 N–H and O–H groups in total. The first-order valence-corrected chi connectivity index (χ1v) is 10.3. The molecule has 0 spiro atoms. The minimum Gasteiger partial charge on any atom is -0.467 e. The van der Waals surface area contributed by atoms with Crippen LogP contribution in [0.4, 0.5) is 0 Å². The molecule has 0 aromatic carbocycles. The number of thiophene rings is 2. The highest BCUT2D eigenvalue weighted by molar-refractivity contribution is 7.20. The SMILES string of the molecule is O=C(c1csc(-c2cccs2)n1)N(Cc1ccco1)Cc1cccs1. The molecule has 0 saturated heterocycles. The lowest BCUT2D eigenvalue weighted by molar-refractivity contribution is 0.0714. The van der Waals surface area contributed by atoms with Gasteiger partial charge in [-0.05, 0) is 35.0 Å². The molecule has 0 fully saturated rings. The van der Waals surface area contributed by atoms with Crippen molar-refractivity contribution < 1.29 is 9.21 Å². The van der Waals surface area contributed by atoms with Gasteiger partial charge in [0.25, 0.3) is 5.91 Å². The second kappa shape index (κ2) is 7.35. The lowest BCUT2D eigenvalue weighted by Gasteiger charge is -2.20. The molecule has 0 atom stereocenters. The van der Waals surface area contributed by atoms with Crippen LogP contribution in [-0.2, 0) is 13.1 Å². The van der Waals surface area contributed by atoms with Crippen LogP contribution < -0.4 is 0 Å². The van der Waals surface area contributed by atoms with E-state index >= 15 is 0 Å². The third-order valence-electron chi connectivity index (χ3n) is 3.60. The van der Waals surface area contributed by atoms with Gasteiger partial charge in [0, 0.05) is 10.3 Å². The Morgan fingerprint density at radius 3 is 2.64 bits per heavy atom. The molecule has 0 aliphatic rings. The minimum atomic E-state index is -0.0798. The first-order valence-electron chi connectivity index (χ1n) is 7.63. The number of nitrogens with zero attached hydrogens (tertiary/aromatic N) is 2. The number of thiazole rings is 1. The Balaban J connectivity index is 1.58. The van der Waals surface area contributed by atoms with E-state index in [1.807, 2.05) is 52.5 Å².